The highest BCUT2D eigenvalue weighted by atomic mass is 19.4. The Bertz CT molecular complexity index is 757. The first kappa shape index (κ1) is 16.3. The molecule has 2 aromatic rings. The Morgan fingerprint density at radius 3 is 2.67 bits per heavy atom. The summed E-state index contributed by atoms with van der Waals surface area (Å²) in [5.74, 6) is 0.383. The van der Waals surface area contributed by atoms with Gasteiger partial charge in [-0.1, -0.05) is 12.1 Å². The molecular formula is C17H16F3N3O. The summed E-state index contributed by atoms with van der Waals surface area (Å²) in [6.45, 7) is 2.63. The third kappa shape index (κ3) is 3.34. The van der Waals surface area contributed by atoms with Gasteiger partial charge in [0, 0.05) is 31.9 Å². The molecule has 0 saturated heterocycles. The fraction of sp³-hybridized carbons (Fsp3) is 0.294. The van der Waals surface area contributed by atoms with Crippen molar-refractivity contribution in [1.29, 1.82) is 0 Å². The van der Waals surface area contributed by atoms with Crippen molar-refractivity contribution in [3.8, 4) is 0 Å². The molecule has 1 amide bonds. The predicted molar refractivity (Wildman–Crippen MR) is 84.7 cm³/mol. The lowest BCUT2D eigenvalue weighted by Gasteiger charge is -2.31. The van der Waals surface area contributed by atoms with Crippen molar-refractivity contribution in [3.05, 3.63) is 53.2 Å². The molecule has 3 rings (SSSR count). The highest BCUT2D eigenvalue weighted by Crippen LogP contribution is 2.31. The number of benzene rings is 1. The van der Waals surface area contributed by atoms with Crippen LogP contribution >= 0.6 is 0 Å². The minimum atomic E-state index is -4.38. The molecule has 1 aliphatic rings. The second kappa shape index (κ2) is 6.14. The first-order chi connectivity index (χ1) is 11.3. The van der Waals surface area contributed by atoms with Crippen LogP contribution in [0.3, 0.4) is 0 Å². The Hall–Kier alpha value is -2.57. The SMILES string of the molecule is CC(=O)Nc1cccc2c1CCN(c1ccc(C(F)(F)F)cn1)C2. The molecule has 1 aromatic carbocycles. The molecule has 0 saturated carbocycles. The van der Waals surface area contributed by atoms with Crippen LogP contribution in [0.15, 0.2) is 36.5 Å². The molecule has 0 atom stereocenters. The van der Waals surface area contributed by atoms with E-state index in [9.17, 15) is 18.0 Å². The number of fused-ring (bicyclic) bond motifs is 1. The van der Waals surface area contributed by atoms with E-state index in [1.165, 1.54) is 13.0 Å². The van der Waals surface area contributed by atoms with Gasteiger partial charge in [0.1, 0.15) is 5.82 Å². The van der Waals surface area contributed by atoms with Gasteiger partial charge < -0.3 is 10.2 Å². The van der Waals surface area contributed by atoms with Crippen molar-refractivity contribution < 1.29 is 18.0 Å². The van der Waals surface area contributed by atoms with E-state index in [4.69, 9.17) is 0 Å². The molecule has 0 aliphatic carbocycles. The molecule has 0 spiro atoms. The molecule has 1 aliphatic heterocycles. The number of amides is 1. The van der Waals surface area contributed by atoms with Crippen LogP contribution < -0.4 is 10.2 Å². The van der Waals surface area contributed by atoms with Gasteiger partial charge in [-0.05, 0) is 35.7 Å². The largest absolute Gasteiger partial charge is 0.417 e. The Kier molecular flexibility index (Phi) is 4.17. The molecule has 4 nitrogen and oxygen atoms in total. The number of alkyl halides is 3. The van der Waals surface area contributed by atoms with Crippen LogP contribution in [0.1, 0.15) is 23.6 Å². The number of pyridine rings is 1. The summed E-state index contributed by atoms with van der Waals surface area (Å²) in [7, 11) is 0. The van der Waals surface area contributed by atoms with Crippen LogP contribution in [-0.2, 0) is 23.9 Å². The van der Waals surface area contributed by atoms with Crippen molar-refractivity contribution in [2.45, 2.75) is 26.1 Å². The van der Waals surface area contributed by atoms with Gasteiger partial charge in [-0.15, -0.1) is 0 Å². The highest BCUT2D eigenvalue weighted by molar-refractivity contribution is 5.89. The zero-order valence-electron chi connectivity index (χ0n) is 13.0. The average molecular weight is 335 g/mol. The monoisotopic (exact) mass is 335 g/mol. The fourth-order valence-corrected chi connectivity index (χ4v) is 2.85. The van der Waals surface area contributed by atoms with Gasteiger partial charge in [-0.25, -0.2) is 4.98 Å². The zero-order chi connectivity index (χ0) is 17.3. The minimum absolute atomic E-state index is 0.129. The summed E-state index contributed by atoms with van der Waals surface area (Å²) >= 11 is 0. The number of aromatic nitrogens is 1. The van der Waals surface area contributed by atoms with Crippen LogP contribution in [0, 0.1) is 0 Å². The van der Waals surface area contributed by atoms with E-state index in [-0.39, 0.29) is 5.91 Å². The highest BCUT2D eigenvalue weighted by Gasteiger charge is 2.31. The van der Waals surface area contributed by atoms with Crippen molar-refractivity contribution in [2.24, 2.45) is 0 Å². The van der Waals surface area contributed by atoms with E-state index >= 15 is 0 Å². The predicted octanol–water partition coefficient (Wildman–Crippen LogP) is 3.62. The number of halogens is 3. The zero-order valence-corrected chi connectivity index (χ0v) is 13.0. The standard InChI is InChI=1S/C17H16F3N3O/c1-11(24)22-15-4-2-3-12-10-23(8-7-14(12)15)16-6-5-13(9-21-16)17(18,19)20/h2-6,9H,7-8,10H2,1H3,(H,22,24). The molecule has 0 unspecified atom stereocenters. The molecule has 2 heterocycles. The van der Waals surface area contributed by atoms with E-state index in [1.54, 1.807) is 0 Å². The average Bonchev–Trinajstić information content (AvgIpc) is 2.53. The maximum atomic E-state index is 12.6. The number of anilines is 2. The molecule has 0 radical (unpaired) electrons. The molecule has 24 heavy (non-hydrogen) atoms. The van der Waals surface area contributed by atoms with Crippen LogP contribution in [0.4, 0.5) is 24.7 Å². The van der Waals surface area contributed by atoms with Gasteiger partial charge in [0.2, 0.25) is 5.91 Å². The fourth-order valence-electron chi connectivity index (χ4n) is 2.85. The second-order valence-electron chi connectivity index (χ2n) is 5.70. The van der Waals surface area contributed by atoms with Crippen molar-refractivity contribution in [1.82, 2.24) is 4.98 Å². The van der Waals surface area contributed by atoms with Crippen LogP contribution in [0.5, 0.6) is 0 Å². The van der Waals surface area contributed by atoms with Crippen molar-refractivity contribution >= 4 is 17.4 Å². The van der Waals surface area contributed by atoms with Crippen LogP contribution in [-0.4, -0.2) is 17.4 Å². The van der Waals surface area contributed by atoms with Crippen molar-refractivity contribution in [3.63, 3.8) is 0 Å². The molecule has 7 heteroatoms. The third-order valence-electron chi connectivity index (χ3n) is 3.98. The van der Waals surface area contributed by atoms with Gasteiger partial charge in [-0.2, -0.15) is 13.2 Å². The molecule has 0 fully saturated rings. The maximum absolute atomic E-state index is 12.6. The van der Waals surface area contributed by atoms with Crippen LogP contribution in [0.2, 0.25) is 0 Å². The number of nitrogens with one attached hydrogen (secondary N) is 1. The molecule has 1 aromatic heterocycles. The third-order valence-corrected chi connectivity index (χ3v) is 3.98. The molecule has 0 bridgehead atoms. The summed E-state index contributed by atoms with van der Waals surface area (Å²) in [6, 6.07) is 8.11. The summed E-state index contributed by atoms with van der Waals surface area (Å²) in [5.41, 5.74) is 2.14. The lowest BCUT2D eigenvalue weighted by molar-refractivity contribution is -0.137. The number of carbonyl (C=O) groups excluding carboxylic acids is 1. The number of hydrogen-bond acceptors (Lipinski definition) is 3. The summed E-state index contributed by atoms with van der Waals surface area (Å²) in [4.78, 5) is 17.2. The van der Waals surface area contributed by atoms with Gasteiger partial charge >= 0.3 is 6.18 Å². The van der Waals surface area contributed by atoms with E-state index in [1.807, 2.05) is 23.1 Å². The van der Waals surface area contributed by atoms with E-state index < -0.39 is 11.7 Å². The topological polar surface area (TPSA) is 45.2 Å². The van der Waals surface area contributed by atoms with Gasteiger partial charge in [0.25, 0.3) is 0 Å². The Morgan fingerprint density at radius 2 is 2.04 bits per heavy atom. The Labute approximate surface area is 137 Å². The number of hydrogen-bond donors (Lipinski definition) is 1. The number of rotatable bonds is 2. The van der Waals surface area contributed by atoms with E-state index in [2.05, 4.69) is 10.3 Å². The second-order valence-corrected chi connectivity index (χ2v) is 5.70. The Morgan fingerprint density at radius 1 is 1.25 bits per heavy atom. The van der Waals surface area contributed by atoms with Gasteiger partial charge in [0.05, 0.1) is 5.56 Å². The van der Waals surface area contributed by atoms with Crippen LogP contribution in [0.25, 0.3) is 0 Å². The minimum Gasteiger partial charge on any atom is -0.352 e. The summed E-state index contributed by atoms with van der Waals surface area (Å²) < 4.78 is 37.9. The van der Waals surface area contributed by atoms with E-state index in [0.29, 0.717) is 25.3 Å². The summed E-state index contributed by atoms with van der Waals surface area (Å²) in [5, 5.41) is 2.81. The summed E-state index contributed by atoms with van der Waals surface area (Å²) in [6.07, 6.45) is -2.83. The van der Waals surface area contributed by atoms with E-state index in [0.717, 1.165) is 29.1 Å². The quantitative estimate of drug-likeness (QED) is 0.912. The normalized spacial score (nSPS) is 14.2. The molecular weight excluding hydrogens is 319 g/mol. The van der Waals surface area contributed by atoms with Gasteiger partial charge in [-0.3, -0.25) is 4.79 Å². The van der Waals surface area contributed by atoms with Gasteiger partial charge in [0.15, 0.2) is 0 Å². The maximum Gasteiger partial charge on any atom is 0.417 e. The molecule has 126 valence electrons. The molecule has 1 N–H and O–H groups in total. The lowest BCUT2D eigenvalue weighted by atomic mass is 9.97. The lowest BCUT2D eigenvalue weighted by Crippen LogP contribution is -2.31. The van der Waals surface area contributed by atoms with Crippen molar-refractivity contribution in [2.75, 3.05) is 16.8 Å². The first-order valence-electron chi connectivity index (χ1n) is 7.51. The Balaban J connectivity index is 1.81. The first-order valence-corrected chi connectivity index (χ1v) is 7.51. The number of carbonyl (C=O) groups is 1. The number of nitrogens with zero attached hydrogens (tertiary/aromatic N) is 2. The smallest absolute Gasteiger partial charge is 0.352 e.